The maximum Gasteiger partial charge on any atom is 0.166 e. The third-order valence-electron chi connectivity index (χ3n) is 3.79. The van der Waals surface area contributed by atoms with Crippen molar-refractivity contribution in [1.29, 1.82) is 0 Å². The number of hydrogen-bond donors (Lipinski definition) is 2. The van der Waals surface area contributed by atoms with Gasteiger partial charge in [-0.25, -0.2) is 0 Å². The lowest BCUT2D eigenvalue weighted by Crippen LogP contribution is -2.17. The number of nitrogens with one attached hydrogen (secondary N) is 2. The molecule has 4 rings (SSSR count). The number of para-hydroxylation sites is 2. The van der Waals surface area contributed by atoms with Crippen molar-refractivity contribution in [2.45, 2.75) is 12.8 Å². The number of Topliss-reactive ketones (excluding diaryl/α,β-unsaturated/α-hetero) is 2. The lowest BCUT2D eigenvalue weighted by atomic mass is 10.0. The molecule has 0 bridgehead atoms. The molecular weight excluding hydrogens is 276 g/mol. The van der Waals surface area contributed by atoms with Crippen LogP contribution < -0.4 is 10.6 Å². The van der Waals surface area contributed by atoms with E-state index in [0.29, 0.717) is 12.8 Å². The van der Waals surface area contributed by atoms with Gasteiger partial charge in [-0.1, -0.05) is 24.3 Å². The van der Waals surface area contributed by atoms with E-state index in [4.69, 9.17) is 0 Å². The van der Waals surface area contributed by atoms with Gasteiger partial charge in [0.2, 0.25) is 0 Å². The highest BCUT2D eigenvalue weighted by Gasteiger charge is 2.15. The Morgan fingerprint density at radius 2 is 1.05 bits per heavy atom. The molecule has 0 atom stereocenters. The van der Waals surface area contributed by atoms with Gasteiger partial charge in [0.25, 0.3) is 0 Å². The largest absolute Gasteiger partial charge is 0.384 e. The minimum Gasteiger partial charge on any atom is -0.384 e. The van der Waals surface area contributed by atoms with E-state index >= 15 is 0 Å². The molecule has 0 amide bonds. The lowest BCUT2D eigenvalue weighted by Gasteiger charge is -2.15. The van der Waals surface area contributed by atoms with Crippen molar-refractivity contribution in [3.63, 3.8) is 0 Å². The summed E-state index contributed by atoms with van der Waals surface area (Å²) >= 11 is 0. The predicted molar refractivity (Wildman–Crippen MR) is 87.8 cm³/mol. The van der Waals surface area contributed by atoms with Gasteiger partial charge in [0.15, 0.2) is 11.6 Å². The molecule has 4 nitrogen and oxygen atoms in total. The monoisotopic (exact) mass is 294 g/mol. The standard InChI is InChI=1S/2C9H9NO/c2*11-9-5-6-10-8-4-2-1-3-7(8)9/h2*1-4,10H,5-6H2. The summed E-state index contributed by atoms with van der Waals surface area (Å²) in [5, 5.41) is 6.34. The Bertz CT molecular complexity index is 648. The van der Waals surface area contributed by atoms with Gasteiger partial charge in [-0.05, 0) is 24.3 Å². The molecule has 2 aromatic carbocycles. The minimum absolute atomic E-state index is 0.249. The van der Waals surface area contributed by atoms with Crippen LogP contribution in [0.25, 0.3) is 0 Å². The quantitative estimate of drug-likeness (QED) is 0.782. The van der Waals surface area contributed by atoms with Crippen LogP contribution in [0.15, 0.2) is 48.5 Å². The summed E-state index contributed by atoms with van der Waals surface area (Å²) in [6, 6.07) is 15.3. The fourth-order valence-electron chi connectivity index (χ4n) is 2.65. The molecule has 0 aromatic heterocycles. The van der Waals surface area contributed by atoms with Crippen LogP contribution in [0.2, 0.25) is 0 Å². The Balaban J connectivity index is 0.000000131. The summed E-state index contributed by atoms with van der Waals surface area (Å²) in [4.78, 5) is 22.5. The topological polar surface area (TPSA) is 58.2 Å². The Hall–Kier alpha value is -2.62. The number of carbonyl (C=O) groups excluding carboxylic acids is 2. The van der Waals surface area contributed by atoms with E-state index in [1.165, 1.54) is 0 Å². The zero-order valence-corrected chi connectivity index (χ0v) is 12.3. The lowest BCUT2D eigenvalue weighted by molar-refractivity contribution is 0.0975. The maximum absolute atomic E-state index is 11.2. The first-order valence-electron chi connectivity index (χ1n) is 7.48. The Morgan fingerprint density at radius 3 is 1.45 bits per heavy atom. The third-order valence-corrected chi connectivity index (χ3v) is 3.79. The van der Waals surface area contributed by atoms with Crippen molar-refractivity contribution >= 4 is 22.9 Å². The molecule has 112 valence electrons. The van der Waals surface area contributed by atoms with Gasteiger partial charge >= 0.3 is 0 Å². The first-order chi connectivity index (χ1) is 10.8. The summed E-state index contributed by atoms with van der Waals surface area (Å²) in [6.45, 7) is 1.55. The summed E-state index contributed by atoms with van der Waals surface area (Å²) in [6.07, 6.45) is 1.24. The van der Waals surface area contributed by atoms with E-state index in [1.807, 2.05) is 48.5 Å². The van der Waals surface area contributed by atoms with Crippen LogP contribution in [-0.2, 0) is 0 Å². The summed E-state index contributed by atoms with van der Waals surface area (Å²) in [5.41, 5.74) is 3.62. The molecule has 2 heterocycles. The molecule has 2 aliphatic rings. The zero-order chi connectivity index (χ0) is 15.4. The normalized spacial score (nSPS) is 15.5. The molecule has 0 fully saturated rings. The smallest absolute Gasteiger partial charge is 0.166 e. The number of rotatable bonds is 0. The summed E-state index contributed by atoms with van der Waals surface area (Å²) < 4.78 is 0. The molecule has 22 heavy (non-hydrogen) atoms. The van der Waals surface area contributed by atoms with Gasteiger partial charge < -0.3 is 10.6 Å². The molecule has 0 radical (unpaired) electrons. The van der Waals surface area contributed by atoms with Crippen molar-refractivity contribution in [2.24, 2.45) is 0 Å². The highest BCUT2D eigenvalue weighted by atomic mass is 16.1. The molecule has 0 saturated carbocycles. The van der Waals surface area contributed by atoms with Gasteiger partial charge in [0.1, 0.15) is 0 Å². The second-order valence-corrected chi connectivity index (χ2v) is 5.29. The summed E-state index contributed by atoms with van der Waals surface area (Å²) in [7, 11) is 0. The number of anilines is 2. The molecule has 0 saturated heterocycles. The van der Waals surface area contributed by atoms with Crippen molar-refractivity contribution in [2.75, 3.05) is 23.7 Å². The minimum atomic E-state index is 0.249. The average Bonchev–Trinajstić information content (AvgIpc) is 2.57. The van der Waals surface area contributed by atoms with E-state index in [9.17, 15) is 9.59 Å². The number of carbonyl (C=O) groups is 2. The molecule has 0 spiro atoms. The van der Waals surface area contributed by atoms with Crippen LogP contribution in [0.1, 0.15) is 33.6 Å². The number of ketones is 2. The van der Waals surface area contributed by atoms with E-state index < -0.39 is 0 Å². The van der Waals surface area contributed by atoms with Gasteiger partial charge in [-0.3, -0.25) is 9.59 Å². The molecule has 2 aliphatic heterocycles. The zero-order valence-electron chi connectivity index (χ0n) is 12.3. The second kappa shape index (κ2) is 6.43. The van der Waals surface area contributed by atoms with E-state index in [2.05, 4.69) is 10.6 Å². The Morgan fingerprint density at radius 1 is 0.636 bits per heavy atom. The van der Waals surface area contributed by atoms with Gasteiger partial charge in [-0.15, -0.1) is 0 Å². The molecule has 4 heteroatoms. The first kappa shape index (κ1) is 14.3. The molecule has 2 N–H and O–H groups in total. The van der Waals surface area contributed by atoms with E-state index in [-0.39, 0.29) is 11.6 Å². The van der Waals surface area contributed by atoms with Gasteiger partial charge in [0, 0.05) is 48.4 Å². The van der Waals surface area contributed by atoms with Crippen LogP contribution in [0.5, 0.6) is 0 Å². The average molecular weight is 294 g/mol. The maximum atomic E-state index is 11.2. The van der Waals surface area contributed by atoms with Crippen LogP contribution in [-0.4, -0.2) is 24.7 Å². The van der Waals surface area contributed by atoms with Gasteiger partial charge in [0.05, 0.1) is 0 Å². The number of fused-ring (bicyclic) bond motifs is 2. The highest BCUT2D eigenvalue weighted by molar-refractivity contribution is 6.03. The second-order valence-electron chi connectivity index (χ2n) is 5.29. The van der Waals surface area contributed by atoms with Gasteiger partial charge in [-0.2, -0.15) is 0 Å². The van der Waals surface area contributed by atoms with Crippen molar-refractivity contribution < 1.29 is 9.59 Å². The Kier molecular flexibility index (Phi) is 4.19. The molecule has 2 aromatic rings. The SMILES string of the molecule is O=C1CCNc2ccccc21.O=C1CCNc2ccccc21. The third kappa shape index (κ3) is 3.01. The summed E-state index contributed by atoms with van der Waals surface area (Å²) in [5.74, 6) is 0.499. The van der Waals surface area contributed by atoms with Crippen LogP contribution in [0.4, 0.5) is 11.4 Å². The number of hydrogen-bond acceptors (Lipinski definition) is 4. The van der Waals surface area contributed by atoms with Crippen molar-refractivity contribution in [3.05, 3.63) is 59.7 Å². The Labute approximate surface area is 129 Å². The fourth-order valence-corrected chi connectivity index (χ4v) is 2.65. The highest BCUT2D eigenvalue weighted by Crippen LogP contribution is 2.21. The van der Waals surface area contributed by atoms with Crippen LogP contribution in [0, 0.1) is 0 Å². The van der Waals surface area contributed by atoms with Crippen molar-refractivity contribution in [1.82, 2.24) is 0 Å². The van der Waals surface area contributed by atoms with Crippen molar-refractivity contribution in [3.8, 4) is 0 Å². The molecule has 0 aliphatic carbocycles. The fraction of sp³-hybridized carbons (Fsp3) is 0.222. The van der Waals surface area contributed by atoms with E-state index in [0.717, 1.165) is 35.6 Å². The molecular formula is C18H18N2O2. The predicted octanol–water partition coefficient (Wildman–Crippen LogP) is 3.37. The number of benzene rings is 2. The molecule has 0 unspecified atom stereocenters. The van der Waals surface area contributed by atoms with Crippen LogP contribution >= 0.6 is 0 Å². The van der Waals surface area contributed by atoms with E-state index in [1.54, 1.807) is 0 Å². The van der Waals surface area contributed by atoms with Crippen LogP contribution in [0.3, 0.4) is 0 Å². The first-order valence-corrected chi connectivity index (χ1v) is 7.48.